The molecule has 0 unspecified atom stereocenters. The smallest absolute Gasteiger partial charge is 0.319 e. The quantitative estimate of drug-likeness (QED) is 0.463. The number of halogens is 2. The highest BCUT2D eigenvalue weighted by Crippen LogP contribution is 2.38. The maximum atomic E-state index is 14.0. The number of anilines is 2. The molecule has 0 saturated carbocycles. The predicted molar refractivity (Wildman–Crippen MR) is 138 cm³/mol. The number of piperidine rings is 1. The summed E-state index contributed by atoms with van der Waals surface area (Å²) in [7, 11) is -2.50. The SMILES string of the molecule is CP(C)(=O)c1ccccc1-c1ccc(N2CCC[C@@H](NC(=O)Nc3ccc(Cl)cc3F)C2=O)cn1. The van der Waals surface area contributed by atoms with Gasteiger partial charge >= 0.3 is 6.03 Å². The van der Waals surface area contributed by atoms with Crippen molar-refractivity contribution in [3.63, 3.8) is 0 Å². The zero-order chi connectivity index (χ0) is 25.2. The standard InChI is InChI=1S/C25H25ClFN4O3P/c1-35(2,34)23-8-4-3-6-18(23)20-12-10-17(15-28-20)31-13-5-7-22(24(31)32)30-25(33)29-21-11-9-16(26)14-19(21)27/h3-4,6,8-12,14-15,22H,5,7,13H2,1-2H3,(H2,29,30,33)/t22-/m1/s1. The van der Waals surface area contributed by atoms with Crippen LogP contribution in [-0.2, 0) is 9.36 Å². The van der Waals surface area contributed by atoms with Gasteiger partial charge in [0.15, 0.2) is 0 Å². The van der Waals surface area contributed by atoms with Crippen molar-refractivity contribution in [2.75, 3.05) is 30.1 Å². The van der Waals surface area contributed by atoms with Crippen LogP contribution in [0.5, 0.6) is 0 Å². The topological polar surface area (TPSA) is 91.4 Å². The molecule has 1 saturated heterocycles. The number of nitrogens with one attached hydrogen (secondary N) is 2. The number of amides is 3. The lowest BCUT2D eigenvalue weighted by Gasteiger charge is -2.32. The molecular formula is C25H25ClFN4O3P. The first-order chi connectivity index (χ1) is 16.6. The Morgan fingerprint density at radius 1 is 1.17 bits per heavy atom. The molecular weight excluding hydrogens is 490 g/mol. The van der Waals surface area contributed by atoms with Gasteiger partial charge in [0, 0.05) is 22.4 Å². The second-order valence-electron chi connectivity index (χ2n) is 8.68. The summed E-state index contributed by atoms with van der Waals surface area (Å²) in [5.41, 5.74) is 2.03. The van der Waals surface area contributed by atoms with Crippen LogP contribution < -0.4 is 20.8 Å². The van der Waals surface area contributed by atoms with Crippen LogP contribution in [0.1, 0.15) is 12.8 Å². The van der Waals surface area contributed by atoms with E-state index in [2.05, 4.69) is 15.6 Å². The van der Waals surface area contributed by atoms with Crippen molar-refractivity contribution < 1.29 is 18.5 Å². The lowest BCUT2D eigenvalue weighted by molar-refractivity contribution is -0.121. The molecule has 3 aromatic rings. The average molecular weight is 515 g/mol. The van der Waals surface area contributed by atoms with Gasteiger partial charge < -0.3 is 20.1 Å². The molecule has 0 radical (unpaired) electrons. The Morgan fingerprint density at radius 3 is 2.63 bits per heavy atom. The highest BCUT2D eigenvalue weighted by molar-refractivity contribution is 7.70. The molecule has 0 spiro atoms. The van der Waals surface area contributed by atoms with Gasteiger partial charge in [-0.2, -0.15) is 0 Å². The van der Waals surface area contributed by atoms with Crippen molar-refractivity contribution in [1.29, 1.82) is 0 Å². The van der Waals surface area contributed by atoms with Gasteiger partial charge in [0.25, 0.3) is 0 Å². The van der Waals surface area contributed by atoms with Crippen LogP contribution in [0, 0.1) is 5.82 Å². The second-order valence-corrected chi connectivity index (χ2v) is 12.3. The molecule has 10 heteroatoms. The lowest BCUT2D eigenvalue weighted by Crippen LogP contribution is -2.53. The van der Waals surface area contributed by atoms with Crippen molar-refractivity contribution in [1.82, 2.24) is 10.3 Å². The van der Waals surface area contributed by atoms with Crippen molar-refractivity contribution >= 4 is 47.4 Å². The van der Waals surface area contributed by atoms with Gasteiger partial charge in [-0.25, -0.2) is 9.18 Å². The van der Waals surface area contributed by atoms with Crippen LogP contribution in [-0.4, -0.2) is 42.8 Å². The van der Waals surface area contributed by atoms with Crippen LogP contribution in [0.3, 0.4) is 0 Å². The zero-order valence-electron chi connectivity index (χ0n) is 19.3. The average Bonchev–Trinajstić information content (AvgIpc) is 2.82. The molecule has 182 valence electrons. The summed E-state index contributed by atoms with van der Waals surface area (Å²) < 4.78 is 26.7. The Labute approximate surface area is 208 Å². The molecule has 0 bridgehead atoms. The minimum Gasteiger partial charge on any atom is -0.326 e. The van der Waals surface area contributed by atoms with E-state index in [-0.39, 0.29) is 16.6 Å². The molecule has 2 aromatic carbocycles. The van der Waals surface area contributed by atoms with E-state index in [1.54, 1.807) is 36.6 Å². The zero-order valence-corrected chi connectivity index (χ0v) is 20.9. The number of urea groups is 1. The summed E-state index contributed by atoms with van der Waals surface area (Å²) in [5.74, 6) is -0.941. The maximum absolute atomic E-state index is 14.0. The highest BCUT2D eigenvalue weighted by Gasteiger charge is 2.31. The van der Waals surface area contributed by atoms with E-state index in [9.17, 15) is 18.5 Å². The Hall–Kier alpha value is -3.22. The second kappa shape index (κ2) is 10.2. The van der Waals surface area contributed by atoms with Gasteiger partial charge in [-0.1, -0.05) is 35.9 Å². The Bertz CT molecular complexity index is 1310. The van der Waals surface area contributed by atoms with E-state index in [0.29, 0.717) is 30.8 Å². The summed E-state index contributed by atoms with van der Waals surface area (Å²) in [5, 5.41) is 6.01. The van der Waals surface area contributed by atoms with Gasteiger partial charge in [-0.15, -0.1) is 0 Å². The Balaban J connectivity index is 1.47. The maximum Gasteiger partial charge on any atom is 0.319 e. The first-order valence-electron chi connectivity index (χ1n) is 11.1. The lowest BCUT2D eigenvalue weighted by atomic mass is 10.0. The molecule has 1 aliphatic heterocycles. The number of benzene rings is 2. The highest BCUT2D eigenvalue weighted by atomic mass is 35.5. The van der Waals surface area contributed by atoms with Gasteiger partial charge in [-0.05, 0) is 56.5 Å². The van der Waals surface area contributed by atoms with E-state index in [1.807, 2.05) is 24.3 Å². The summed E-state index contributed by atoms with van der Waals surface area (Å²) >= 11 is 5.74. The molecule has 2 heterocycles. The molecule has 2 N–H and O–H groups in total. The van der Waals surface area contributed by atoms with E-state index in [0.717, 1.165) is 16.9 Å². The normalized spacial score (nSPS) is 16.2. The predicted octanol–water partition coefficient (Wildman–Crippen LogP) is 5.11. The third kappa shape index (κ3) is 5.72. The first-order valence-corrected chi connectivity index (χ1v) is 14.1. The third-order valence-corrected chi connectivity index (χ3v) is 7.53. The van der Waals surface area contributed by atoms with Crippen molar-refractivity contribution in [2.45, 2.75) is 18.9 Å². The monoisotopic (exact) mass is 514 g/mol. The number of hydrogen-bond acceptors (Lipinski definition) is 4. The van der Waals surface area contributed by atoms with Crippen molar-refractivity contribution in [3.8, 4) is 11.3 Å². The third-order valence-electron chi connectivity index (χ3n) is 5.74. The van der Waals surface area contributed by atoms with Gasteiger partial charge in [0.1, 0.15) is 19.0 Å². The van der Waals surface area contributed by atoms with Crippen molar-refractivity contribution in [2.24, 2.45) is 0 Å². The fourth-order valence-electron chi connectivity index (χ4n) is 4.04. The van der Waals surface area contributed by atoms with Crippen LogP contribution in [0.4, 0.5) is 20.6 Å². The molecule has 4 rings (SSSR count). The molecule has 1 fully saturated rings. The van der Waals surface area contributed by atoms with E-state index < -0.39 is 25.0 Å². The number of rotatable bonds is 5. The summed E-state index contributed by atoms with van der Waals surface area (Å²) in [4.78, 5) is 31.6. The fourth-order valence-corrected chi connectivity index (χ4v) is 5.41. The summed E-state index contributed by atoms with van der Waals surface area (Å²) in [6, 6.07) is 13.5. The number of nitrogens with zero attached hydrogens (tertiary/aromatic N) is 2. The molecule has 1 atom stereocenters. The van der Waals surface area contributed by atoms with Crippen molar-refractivity contribution in [3.05, 3.63) is 71.6 Å². The number of carbonyl (C=O) groups excluding carboxylic acids is 2. The fraction of sp³-hybridized carbons (Fsp3) is 0.240. The van der Waals surface area contributed by atoms with Crippen LogP contribution >= 0.6 is 18.7 Å². The molecule has 3 amide bonds. The molecule has 1 aliphatic rings. The summed E-state index contributed by atoms with van der Waals surface area (Å²) in [6.07, 6.45) is 2.74. The minimum atomic E-state index is -2.50. The van der Waals surface area contributed by atoms with Gasteiger partial charge in [0.2, 0.25) is 5.91 Å². The minimum absolute atomic E-state index is 0.0317. The number of carbonyl (C=O) groups is 2. The van der Waals surface area contributed by atoms with E-state index >= 15 is 0 Å². The van der Waals surface area contributed by atoms with E-state index in [4.69, 9.17) is 11.6 Å². The Kier molecular flexibility index (Phi) is 7.24. The van der Waals surface area contributed by atoms with E-state index in [1.165, 1.54) is 12.1 Å². The molecule has 0 aliphatic carbocycles. The van der Waals surface area contributed by atoms with Gasteiger partial charge in [-0.3, -0.25) is 9.78 Å². The number of pyridine rings is 1. The van der Waals surface area contributed by atoms with Crippen LogP contribution in [0.25, 0.3) is 11.3 Å². The van der Waals surface area contributed by atoms with Crippen LogP contribution in [0.2, 0.25) is 5.02 Å². The molecule has 7 nitrogen and oxygen atoms in total. The largest absolute Gasteiger partial charge is 0.326 e. The first kappa shape index (κ1) is 24.9. The number of aromatic nitrogens is 1. The number of hydrogen-bond donors (Lipinski definition) is 2. The molecule has 1 aromatic heterocycles. The molecule has 35 heavy (non-hydrogen) atoms. The van der Waals surface area contributed by atoms with Gasteiger partial charge in [0.05, 0.1) is 23.3 Å². The van der Waals surface area contributed by atoms with Crippen LogP contribution in [0.15, 0.2) is 60.8 Å². The Morgan fingerprint density at radius 2 is 1.94 bits per heavy atom. The summed E-state index contributed by atoms with van der Waals surface area (Å²) in [6.45, 7) is 3.93.